The first-order valence-electron chi connectivity index (χ1n) is 9.77. The summed E-state index contributed by atoms with van der Waals surface area (Å²) in [5.41, 5.74) is 5.37. The van der Waals surface area contributed by atoms with Gasteiger partial charge in [0.05, 0.1) is 1.37 Å². The molecule has 0 spiro atoms. The van der Waals surface area contributed by atoms with E-state index in [2.05, 4.69) is 10.2 Å². The second kappa shape index (κ2) is 3.82. The Kier molecular flexibility index (Phi) is 0.715. The number of nitrogens with two attached hydrogens (primary N) is 1. The average Bonchev–Trinajstić information content (AvgIpc) is 2.46. The van der Waals surface area contributed by atoms with Gasteiger partial charge in [0.1, 0.15) is 5.82 Å². The van der Waals surface area contributed by atoms with Crippen LogP contribution in [0.4, 0.5) is 11.6 Å². The van der Waals surface area contributed by atoms with Crippen molar-refractivity contribution in [2.45, 2.75) is 32.0 Å². The Bertz CT molecular complexity index is 699. The van der Waals surface area contributed by atoms with Crippen molar-refractivity contribution in [3.63, 3.8) is 0 Å². The number of hydrogen-bond acceptors (Lipinski definition) is 4. The maximum absolute atomic E-state index is 8.35. The zero-order chi connectivity index (χ0) is 20.6. The van der Waals surface area contributed by atoms with Crippen LogP contribution in [0.5, 0.6) is 0 Å². The van der Waals surface area contributed by atoms with Gasteiger partial charge in [0.2, 0.25) is 0 Å². The van der Waals surface area contributed by atoms with Crippen molar-refractivity contribution in [2.24, 2.45) is 0 Å². The van der Waals surface area contributed by atoms with E-state index in [9.17, 15) is 0 Å². The van der Waals surface area contributed by atoms with Crippen molar-refractivity contribution >= 4 is 11.6 Å². The highest BCUT2D eigenvalue weighted by molar-refractivity contribution is 5.42. The lowest BCUT2D eigenvalue weighted by molar-refractivity contribution is 0.480. The van der Waals surface area contributed by atoms with Crippen LogP contribution in [0.2, 0.25) is 0 Å². The molecular formula is C10H16N4. The summed E-state index contributed by atoms with van der Waals surface area (Å²) in [5, 5.41) is 6.88. The third-order valence-corrected chi connectivity index (χ3v) is 1.53. The molecule has 4 nitrogen and oxygen atoms in total. The van der Waals surface area contributed by atoms with Crippen molar-refractivity contribution in [3.8, 4) is 0 Å². The first-order valence-corrected chi connectivity index (χ1v) is 3.77. The van der Waals surface area contributed by atoms with Crippen LogP contribution in [0.25, 0.3) is 0 Å². The van der Waals surface area contributed by atoms with Gasteiger partial charge in [-0.2, -0.15) is 0 Å². The van der Waals surface area contributed by atoms with Gasteiger partial charge in [-0.05, 0) is 38.1 Å². The molecule has 14 heavy (non-hydrogen) atoms. The lowest BCUT2D eigenvalue weighted by Crippen LogP contribution is -2.38. The molecule has 1 aromatic rings. The second-order valence-electron chi connectivity index (χ2n) is 2.49. The van der Waals surface area contributed by atoms with Gasteiger partial charge in [0, 0.05) is 27.6 Å². The molecule has 0 bridgehead atoms. The number of rotatable bonds is 1. The Labute approximate surface area is 101 Å². The zero-order valence-corrected chi connectivity index (χ0v) is 7.07. The highest BCUT2D eigenvalue weighted by Gasteiger charge is 2.19. The molecule has 0 saturated carbocycles. The van der Waals surface area contributed by atoms with E-state index in [1.54, 1.807) is 0 Å². The average molecular weight is 204 g/mol. The van der Waals surface area contributed by atoms with Crippen LogP contribution in [0.1, 0.15) is 42.4 Å². The Hall–Kier alpha value is -1.32. The van der Waals surface area contributed by atoms with Crippen LogP contribution in [-0.2, 0) is 0 Å². The molecule has 1 atom stereocenters. The van der Waals surface area contributed by atoms with Crippen LogP contribution in [0, 0.1) is 0 Å². The molecule has 1 aromatic heterocycles. The molecule has 1 unspecified atom stereocenters. The van der Waals surface area contributed by atoms with Gasteiger partial charge in [0.15, 0.2) is 5.82 Å². The number of nitrogens with zero attached hydrogens (tertiary/aromatic N) is 3. The highest BCUT2D eigenvalue weighted by atomic mass is 15.3. The van der Waals surface area contributed by atoms with E-state index in [1.807, 2.05) is 0 Å². The Balaban J connectivity index is 2.94. The topological polar surface area (TPSA) is 55.0 Å². The van der Waals surface area contributed by atoms with Gasteiger partial charge < -0.3 is 10.6 Å². The number of nitrogen functional groups attached to an aromatic ring is 1. The van der Waals surface area contributed by atoms with E-state index in [0.29, 0.717) is 0 Å². The van der Waals surface area contributed by atoms with Gasteiger partial charge in [-0.25, -0.2) is 0 Å². The van der Waals surface area contributed by atoms with Crippen LogP contribution < -0.4 is 10.6 Å². The molecular weight excluding hydrogens is 176 g/mol. The monoisotopic (exact) mass is 204 g/mol. The van der Waals surface area contributed by atoms with Gasteiger partial charge >= 0.3 is 0 Å². The molecule has 1 saturated heterocycles. The minimum absolute atomic E-state index is 0.0131. The quantitative estimate of drug-likeness (QED) is 0.752. The molecule has 0 amide bonds. The second-order valence-corrected chi connectivity index (χ2v) is 2.49. The maximum atomic E-state index is 8.35. The molecule has 0 aliphatic carbocycles. The molecule has 0 aromatic carbocycles. The Morgan fingerprint density at radius 3 is 3.29 bits per heavy atom. The summed E-state index contributed by atoms with van der Waals surface area (Å²) in [4.78, 5) is -0.0131. The van der Waals surface area contributed by atoms with Gasteiger partial charge in [0.25, 0.3) is 0 Å². The fraction of sp³-hybridized carbons (Fsp3) is 0.600. The predicted octanol–water partition coefficient (Wildman–Crippen LogP) is 1.44. The number of anilines is 2. The molecule has 76 valence electrons. The molecule has 4 heteroatoms. The summed E-state index contributed by atoms with van der Waals surface area (Å²) in [6.45, 7) is -7.06. The standard InChI is InChI=1S/C10H16N4/c1-8-4-2-3-7-14(8)10-6-5-9(11)12-13-10/h5-6,8H,2-4,7H2,1H3,(H2,11,12)/i1D3,2D2,3D2,4D2,7D2,8D. The van der Waals surface area contributed by atoms with Crippen molar-refractivity contribution in [2.75, 3.05) is 17.1 Å². The molecule has 0 radical (unpaired) electrons. The third-order valence-electron chi connectivity index (χ3n) is 1.53. The fourth-order valence-electron chi connectivity index (χ4n) is 0.913. The van der Waals surface area contributed by atoms with E-state index < -0.39 is 44.3 Å². The van der Waals surface area contributed by atoms with Crippen LogP contribution >= 0.6 is 0 Å². The van der Waals surface area contributed by atoms with Gasteiger partial charge in [-0.1, -0.05) is 0 Å². The minimum Gasteiger partial charge on any atom is -0.382 e. The lowest BCUT2D eigenvalue weighted by atomic mass is 10.0. The van der Waals surface area contributed by atoms with Crippen LogP contribution in [0.3, 0.4) is 0 Å². The first-order chi connectivity index (χ1) is 11.4. The van der Waals surface area contributed by atoms with Crippen molar-refractivity contribution in [1.82, 2.24) is 10.2 Å². The summed E-state index contributed by atoms with van der Waals surface area (Å²) >= 11 is 0. The smallest absolute Gasteiger partial charge is 0.151 e. The molecule has 2 N–H and O–H groups in total. The molecule has 1 fully saturated rings. The lowest BCUT2D eigenvalue weighted by Gasteiger charge is -2.33. The van der Waals surface area contributed by atoms with E-state index in [0.717, 1.165) is 12.1 Å². The van der Waals surface area contributed by atoms with Crippen molar-refractivity contribution in [3.05, 3.63) is 12.1 Å². The Morgan fingerprint density at radius 1 is 1.64 bits per heavy atom. The maximum Gasteiger partial charge on any atom is 0.151 e. The van der Waals surface area contributed by atoms with E-state index in [4.69, 9.17) is 22.2 Å². The summed E-state index contributed by atoms with van der Waals surface area (Å²) in [6.07, 6.45) is -10.9. The molecule has 2 rings (SSSR count). The molecule has 1 aliphatic heterocycles. The summed E-state index contributed by atoms with van der Waals surface area (Å²) in [5.74, 6) is -0.796. The largest absolute Gasteiger partial charge is 0.382 e. The SMILES string of the molecule is [2H]C([2H])([2H])C1([2H])N(c2ccc(N)nn2)C([2H])([2H])C([2H])([2H])C([2H])([2H])C1([2H])[2H]. The first kappa shape index (κ1) is 2.62. The normalized spacial score (nSPS) is 55.6. The summed E-state index contributed by atoms with van der Waals surface area (Å²) in [6, 6.07) is -1.52. The Morgan fingerprint density at radius 2 is 2.57 bits per heavy atom. The number of aromatic nitrogens is 2. The predicted molar refractivity (Wildman–Crippen MR) is 57.1 cm³/mol. The number of piperidine rings is 1. The van der Waals surface area contributed by atoms with Crippen molar-refractivity contribution < 1.29 is 16.4 Å². The summed E-state index contributed by atoms with van der Waals surface area (Å²) in [7, 11) is 0. The zero-order valence-electron chi connectivity index (χ0n) is 19.1. The van der Waals surface area contributed by atoms with Crippen LogP contribution in [0.15, 0.2) is 12.1 Å². The molecule has 2 heterocycles. The fourth-order valence-corrected chi connectivity index (χ4v) is 0.913. The van der Waals surface area contributed by atoms with Crippen molar-refractivity contribution in [1.29, 1.82) is 0 Å². The highest BCUT2D eigenvalue weighted by Crippen LogP contribution is 2.22. The van der Waals surface area contributed by atoms with Gasteiger partial charge in [-0.15, -0.1) is 10.2 Å². The van der Waals surface area contributed by atoms with E-state index in [-0.39, 0.29) is 10.7 Å². The van der Waals surface area contributed by atoms with E-state index in [1.165, 1.54) is 0 Å². The minimum atomic E-state index is -3.68. The summed E-state index contributed by atoms with van der Waals surface area (Å²) < 4.78 is 94.9. The molecule has 1 aliphatic rings. The van der Waals surface area contributed by atoms with E-state index >= 15 is 0 Å². The third kappa shape index (κ3) is 1.78. The van der Waals surface area contributed by atoms with Crippen LogP contribution in [-0.4, -0.2) is 22.7 Å². The van der Waals surface area contributed by atoms with Gasteiger partial charge in [-0.3, -0.25) is 0 Å². The number of hydrogen-bond donors (Lipinski definition) is 1.